The van der Waals surface area contributed by atoms with Crippen LogP contribution in [0.1, 0.15) is 53.6 Å². The van der Waals surface area contributed by atoms with Crippen molar-refractivity contribution in [1.82, 2.24) is 4.90 Å². The highest BCUT2D eigenvalue weighted by Gasteiger charge is 2.48. The number of fused-ring (bicyclic) bond motifs is 1. The van der Waals surface area contributed by atoms with Gasteiger partial charge in [-0.1, -0.05) is 55.7 Å². The van der Waals surface area contributed by atoms with Crippen molar-refractivity contribution in [3.8, 4) is 5.75 Å². The highest BCUT2D eigenvalue weighted by atomic mass is 16.5. The van der Waals surface area contributed by atoms with Crippen LogP contribution in [0.5, 0.6) is 5.75 Å². The van der Waals surface area contributed by atoms with E-state index in [1.54, 1.807) is 60.5 Å². The Labute approximate surface area is 233 Å². The molecule has 0 atom stereocenters. The van der Waals surface area contributed by atoms with E-state index in [1.165, 1.54) is 4.90 Å². The number of ether oxygens (including phenoxy) is 1. The number of carbonyl (C=O) groups excluding carboxylic acids is 4. The van der Waals surface area contributed by atoms with Crippen LogP contribution in [0.15, 0.2) is 72.8 Å². The summed E-state index contributed by atoms with van der Waals surface area (Å²) in [6, 6.07) is 21.5. The van der Waals surface area contributed by atoms with E-state index in [4.69, 9.17) is 4.74 Å². The fourth-order valence-electron chi connectivity index (χ4n) is 5.74. The molecular weight excluding hydrogens is 506 g/mol. The monoisotopic (exact) mass is 539 g/mol. The molecule has 206 valence electrons. The lowest BCUT2D eigenvalue weighted by atomic mass is 9.78. The minimum atomic E-state index is -1.12. The molecule has 3 amide bonds. The first-order valence-corrected chi connectivity index (χ1v) is 13.6. The van der Waals surface area contributed by atoms with Crippen molar-refractivity contribution in [2.24, 2.45) is 0 Å². The maximum Gasteiger partial charge on any atom is 0.299 e. The number of Topliss-reactive ketones (excluding diaryl/α,β-unsaturated/α-hetero) is 1. The number of nitrogens with one attached hydrogen (secondary N) is 1. The lowest BCUT2D eigenvalue weighted by Crippen LogP contribution is -2.61. The lowest BCUT2D eigenvalue weighted by molar-refractivity contribution is -0.148. The first-order chi connectivity index (χ1) is 19.3. The molecule has 1 N–H and O–H groups in total. The SMILES string of the molecule is COc1ccc(NC(=O)C2(N(Cc3ccccc3C)C(=O)CN3C(=O)C(=O)c4ccccc43)CCCCC2)cc1. The van der Waals surface area contributed by atoms with Gasteiger partial charge in [0.25, 0.3) is 11.7 Å². The Kier molecular flexibility index (Phi) is 7.69. The fourth-order valence-corrected chi connectivity index (χ4v) is 5.74. The second-order valence-electron chi connectivity index (χ2n) is 10.4. The Morgan fingerprint density at radius 3 is 2.30 bits per heavy atom. The van der Waals surface area contributed by atoms with Crippen LogP contribution < -0.4 is 15.0 Å². The van der Waals surface area contributed by atoms with E-state index in [0.717, 1.165) is 30.4 Å². The highest BCUT2D eigenvalue weighted by molar-refractivity contribution is 6.52. The molecule has 40 heavy (non-hydrogen) atoms. The van der Waals surface area contributed by atoms with E-state index in [0.29, 0.717) is 30.0 Å². The number of hydrogen-bond donors (Lipinski definition) is 1. The molecule has 8 heteroatoms. The molecule has 0 unspecified atom stereocenters. The van der Waals surface area contributed by atoms with E-state index in [1.807, 2.05) is 31.2 Å². The molecule has 1 aliphatic heterocycles. The topological polar surface area (TPSA) is 96.0 Å². The number of carbonyl (C=O) groups is 4. The summed E-state index contributed by atoms with van der Waals surface area (Å²) in [5.74, 6) is -1.33. The third kappa shape index (κ3) is 5.09. The Balaban J connectivity index is 1.51. The van der Waals surface area contributed by atoms with Crippen molar-refractivity contribution in [1.29, 1.82) is 0 Å². The van der Waals surface area contributed by atoms with Crippen LogP contribution in [0.2, 0.25) is 0 Å². The molecule has 8 nitrogen and oxygen atoms in total. The normalized spacial score (nSPS) is 15.9. The van der Waals surface area contributed by atoms with Gasteiger partial charge in [-0.2, -0.15) is 0 Å². The van der Waals surface area contributed by atoms with Gasteiger partial charge in [-0.05, 0) is 67.3 Å². The molecule has 2 aliphatic rings. The van der Waals surface area contributed by atoms with Gasteiger partial charge in [0, 0.05) is 12.2 Å². The van der Waals surface area contributed by atoms with Crippen molar-refractivity contribution in [2.75, 3.05) is 23.9 Å². The zero-order valence-corrected chi connectivity index (χ0v) is 22.8. The predicted octanol–water partition coefficient (Wildman–Crippen LogP) is 4.90. The van der Waals surface area contributed by atoms with Gasteiger partial charge in [0.1, 0.15) is 17.8 Å². The van der Waals surface area contributed by atoms with Gasteiger partial charge in [-0.3, -0.25) is 24.1 Å². The Morgan fingerprint density at radius 1 is 0.925 bits per heavy atom. The van der Waals surface area contributed by atoms with E-state index >= 15 is 0 Å². The summed E-state index contributed by atoms with van der Waals surface area (Å²) >= 11 is 0. The minimum absolute atomic E-state index is 0.208. The zero-order valence-electron chi connectivity index (χ0n) is 22.8. The average molecular weight is 540 g/mol. The van der Waals surface area contributed by atoms with Gasteiger partial charge >= 0.3 is 0 Å². The number of methoxy groups -OCH3 is 1. The highest BCUT2D eigenvalue weighted by Crippen LogP contribution is 2.38. The summed E-state index contributed by atoms with van der Waals surface area (Å²) < 4.78 is 5.24. The van der Waals surface area contributed by atoms with Gasteiger partial charge in [0.2, 0.25) is 11.8 Å². The van der Waals surface area contributed by atoms with Gasteiger partial charge in [0.15, 0.2) is 0 Å². The Bertz CT molecular complexity index is 1440. The molecule has 0 saturated heterocycles. The van der Waals surface area contributed by atoms with Crippen molar-refractivity contribution in [2.45, 2.75) is 51.1 Å². The van der Waals surface area contributed by atoms with Gasteiger partial charge in [-0.25, -0.2) is 0 Å². The molecule has 0 radical (unpaired) electrons. The molecular formula is C32H33N3O5. The summed E-state index contributed by atoms with van der Waals surface area (Å²) in [6.45, 7) is 1.85. The van der Waals surface area contributed by atoms with E-state index in [2.05, 4.69) is 5.32 Å². The molecule has 0 bridgehead atoms. The number of anilines is 2. The quantitative estimate of drug-likeness (QED) is 0.411. The molecule has 5 rings (SSSR count). The summed E-state index contributed by atoms with van der Waals surface area (Å²) in [5, 5.41) is 3.04. The standard InChI is InChI=1S/C32H33N3O5/c1-22-10-4-5-11-23(22)20-35(28(36)21-34-27-13-7-6-12-26(27)29(37)30(34)38)32(18-8-3-9-19-32)31(39)33-24-14-16-25(40-2)17-15-24/h4-7,10-17H,3,8-9,18-21H2,1-2H3,(H,33,39). The number of amides is 3. The third-order valence-electron chi connectivity index (χ3n) is 8.03. The van der Waals surface area contributed by atoms with Crippen molar-refractivity contribution in [3.63, 3.8) is 0 Å². The number of benzene rings is 3. The lowest BCUT2D eigenvalue weighted by Gasteiger charge is -2.45. The first-order valence-electron chi connectivity index (χ1n) is 13.6. The molecule has 3 aromatic rings. The largest absolute Gasteiger partial charge is 0.497 e. The summed E-state index contributed by atoms with van der Waals surface area (Å²) in [6.07, 6.45) is 3.54. The van der Waals surface area contributed by atoms with Crippen LogP contribution >= 0.6 is 0 Å². The van der Waals surface area contributed by atoms with Crippen molar-refractivity contribution < 1.29 is 23.9 Å². The number of para-hydroxylation sites is 1. The number of aryl methyl sites for hydroxylation is 1. The minimum Gasteiger partial charge on any atom is -0.497 e. The second-order valence-corrected chi connectivity index (χ2v) is 10.4. The molecule has 0 spiro atoms. The predicted molar refractivity (Wildman–Crippen MR) is 152 cm³/mol. The summed E-state index contributed by atoms with van der Waals surface area (Å²) in [5.41, 5.74) is 2.11. The van der Waals surface area contributed by atoms with Gasteiger partial charge in [0.05, 0.1) is 18.4 Å². The third-order valence-corrected chi connectivity index (χ3v) is 8.03. The molecule has 1 fully saturated rings. The Morgan fingerprint density at radius 2 is 1.60 bits per heavy atom. The smallest absolute Gasteiger partial charge is 0.299 e. The first kappa shape index (κ1) is 27.1. The number of hydrogen-bond acceptors (Lipinski definition) is 5. The summed E-state index contributed by atoms with van der Waals surface area (Å²) in [4.78, 5) is 56.8. The van der Waals surface area contributed by atoms with Crippen LogP contribution in [0.4, 0.5) is 11.4 Å². The number of rotatable bonds is 8. The Hall–Kier alpha value is -4.46. The molecule has 1 aliphatic carbocycles. The van der Waals surface area contributed by atoms with Crippen LogP contribution in [-0.2, 0) is 20.9 Å². The summed E-state index contributed by atoms with van der Waals surface area (Å²) in [7, 11) is 1.58. The van der Waals surface area contributed by atoms with Crippen LogP contribution in [-0.4, -0.2) is 47.6 Å². The van der Waals surface area contributed by atoms with E-state index < -0.39 is 17.2 Å². The van der Waals surface area contributed by atoms with Crippen molar-refractivity contribution in [3.05, 3.63) is 89.5 Å². The van der Waals surface area contributed by atoms with Crippen LogP contribution in [0.25, 0.3) is 0 Å². The van der Waals surface area contributed by atoms with Gasteiger partial charge in [-0.15, -0.1) is 0 Å². The molecule has 1 heterocycles. The average Bonchev–Trinajstić information content (AvgIpc) is 3.22. The maximum absolute atomic E-state index is 14.2. The number of ketones is 1. The molecule has 3 aromatic carbocycles. The molecule has 1 saturated carbocycles. The second kappa shape index (κ2) is 11.3. The molecule has 0 aromatic heterocycles. The van der Waals surface area contributed by atoms with E-state index in [-0.39, 0.29) is 30.5 Å². The fraction of sp³-hybridized carbons (Fsp3) is 0.312. The van der Waals surface area contributed by atoms with Crippen LogP contribution in [0, 0.1) is 6.92 Å². The zero-order chi connectivity index (χ0) is 28.3. The van der Waals surface area contributed by atoms with Crippen LogP contribution in [0.3, 0.4) is 0 Å². The maximum atomic E-state index is 14.2. The van der Waals surface area contributed by atoms with E-state index in [9.17, 15) is 19.2 Å². The van der Waals surface area contributed by atoms with Gasteiger partial charge < -0.3 is 15.0 Å². The van der Waals surface area contributed by atoms with Crippen molar-refractivity contribution >= 4 is 34.9 Å². The number of nitrogens with zero attached hydrogens (tertiary/aromatic N) is 2.